The lowest BCUT2D eigenvalue weighted by molar-refractivity contribution is 0.1000. The molecule has 0 aliphatic carbocycles. The molecular weight excluding hydrogens is 218 g/mol. The number of halogens is 1. The van der Waals surface area contributed by atoms with Gasteiger partial charge in [0.1, 0.15) is 0 Å². The molecule has 0 aromatic heterocycles. The van der Waals surface area contributed by atoms with Gasteiger partial charge in [0.05, 0.1) is 10.6 Å². The van der Waals surface area contributed by atoms with Gasteiger partial charge in [-0.15, -0.1) is 11.8 Å². The van der Waals surface area contributed by atoms with Crippen LogP contribution < -0.4 is 5.73 Å². The molecule has 1 aromatic rings. The maximum absolute atomic E-state index is 11.0. The van der Waals surface area contributed by atoms with E-state index in [1.165, 1.54) is 0 Å². The van der Waals surface area contributed by atoms with Crippen molar-refractivity contribution in [2.75, 3.05) is 5.75 Å². The fraction of sp³-hybridized carbons (Fsp3) is 0.300. The zero-order chi connectivity index (χ0) is 10.7. The van der Waals surface area contributed by atoms with Crippen molar-refractivity contribution in [3.8, 4) is 0 Å². The Balaban J connectivity index is 3.26. The molecule has 0 saturated carbocycles. The zero-order valence-corrected chi connectivity index (χ0v) is 9.71. The number of rotatable bonds is 3. The Bertz CT molecular complexity index is 365. The van der Waals surface area contributed by atoms with Crippen molar-refractivity contribution >= 4 is 29.3 Å². The monoisotopic (exact) mass is 229 g/mol. The summed E-state index contributed by atoms with van der Waals surface area (Å²) in [6.45, 7) is 4.01. The second-order valence-electron chi connectivity index (χ2n) is 2.87. The van der Waals surface area contributed by atoms with E-state index in [1.54, 1.807) is 17.8 Å². The largest absolute Gasteiger partial charge is 0.366 e. The normalized spacial score (nSPS) is 10.2. The highest BCUT2D eigenvalue weighted by Gasteiger charge is 2.12. The molecule has 2 N–H and O–H groups in total. The van der Waals surface area contributed by atoms with Gasteiger partial charge in [-0.3, -0.25) is 4.79 Å². The van der Waals surface area contributed by atoms with E-state index in [4.69, 9.17) is 17.3 Å². The van der Waals surface area contributed by atoms with Gasteiger partial charge in [0.15, 0.2) is 0 Å². The number of amides is 1. The number of benzene rings is 1. The van der Waals surface area contributed by atoms with Crippen molar-refractivity contribution in [3.05, 3.63) is 28.3 Å². The Morgan fingerprint density at radius 3 is 2.71 bits per heavy atom. The Morgan fingerprint density at radius 1 is 1.57 bits per heavy atom. The summed E-state index contributed by atoms with van der Waals surface area (Å²) in [7, 11) is 0. The molecule has 1 amide bonds. The van der Waals surface area contributed by atoms with Crippen molar-refractivity contribution in [3.63, 3.8) is 0 Å². The topological polar surface area (TPSA) is 43.1 Å². The highest BCUT2D eigenvalue weighted by Crippen LogP contribution is 2.32. The van der Waals surface area contributed by atoms with Gasteiger partial charge in [-0.05, 0) is 24.3 Å². The predicted octanol–water partition coefficient (Wildman–Crippen LogP) is 2.86. The van der Waals surface area contributed by atoms with E-state index in [-0.39, 0.29) is 0 Å². The van der Waals surface area contributed by atoms with E-state index in [9.17, 15) is 4.79 Å². The van der Waals surface area contributed by atoms with Gasteiger partial charge in [-0.25, -0.2) is 0 Å². The summed E-state index contributed by atoms with van der Waals surface area (Å²) in [4.78, 5) is 12.0. The second-order valence-corrected chi connectivity index (χ2v) is 4.52. The maximum atomic E-state index is 11.0. The van der Waals surface area contributed by atoms with Crippen LogP contribution in [-0.2, 0) is 0 Å². The molecule has 0 aliphatic heterocycles. The van der Waals surface area contributed by atoms with Gasteiger partial charge in [-0.1, -0.05) is 24.6 Å². The number of hydrogen-bond acceptors (Lipinski definition) is 2. The predicted molar refractivity (Wildman–Crippen MR) is 61.1 cm³/mol. The van der Waals surface area contributed by atoms with Gasteiger partial charge in [0, 0.05) is 4.90 Å². The van der Waals surface area contributed by atoms with Crippen LogP contribution in [0.5, 0.6) is 0 Å². The third kappa shape index (κ3) is 2.22. The van der Waals surface area contributed by atoms with Crippen LogP contribution in [0.15, 0.2) is 17.0 Å². The van der Waals surface area contributed by atoms with Crippen LogP contribution in [-0.4, -0.2) is 11.7 Å². The first kappa shape index (κ1) is 11.4. The number of carbonyl (C=O) groups excluding carboxylic acids is 1. The average Bonchev–Trinajstić information content (AvgIpc) is 2.11. The molecule has 0 saturated heterocycles. The van der Waals surface area contributed by atoms with E-state index >= 15 is 0 Å². The number of nitrogens with two attached hydrogens (primary N) is 1. The van der Waals surface area contributed by atoms with E-state index in [2.05, 4.69) is 0 Å². The molecule has 2 nitrogen and oxygen atoms in total. The van der Waals surface area contributed by atoms with Crippen molar-refractivity contribution in [1.82, 2.24) is 0 Å². The van der Waals surface area contributed by atoms with Crippen LogP contribution >= 0.6 is 23.4 Å². The molecule has 76 valence electrons. The second kappa shape index (κ2) is 4.71. The van der Waals surface area contributed by atoms with Crippen molar-refractivity contribution in [2.24, 2.45) is 5.73 Å². The summed E-state index contributed by atoms with van der Waals surface area (Å²) in [5, 5.41) is 0.476. The zero-order valence-electron chi connectivity index (χ0n) is 8.13. The first-order valence-corrected chi connectivity index (χ1v) is 5.66. The van der Waals surface area contributed by atoms with Crippen LogP contribution in [0.3, 0.4) is 0 Å². The van der Waals surface area contributed by atoms with E-state index in [0.29, 0.717) is 10.6 Å². The van der Waals surface area contributed by atoms with Crippen LogP contribution in [0.25, 0.3) is 0 Å². The number of aryl methyl sites for hydroxylation is 1. The number of primary amides is 1. The number of carbonyl (C=O) groups is 1. The van der Waals surface area contributed by atoms with Crippen LogP contribution in [0.4, 0.5) is 0 Å². The standard InChI is InChI=1S/C10H12ClNOS/c1-3-14-9-6(2)4-5-7(8(9)11)10(12)13/h4-5H,3H2,1-2H3,(H2,12,13). The van der Waals surface area contributed by atoms with E-state index in [1.807, 2.05) is 19.9 Å². The molecular formula is C10H12ClNOS. The number of thioether (sulfide) groups is 1. The Morgan fingerprint density at radius 2 is 2.21 bits per heavy atom. The van der Waals surface area contributed by atoms with Crippen LogP contribution in [0.2, 0.25) is 5.02 Å². The molecule has 14 heavy (non-hydrogen) atoms. The molecule has 0 heterocycles. The fourth-order valence-electron chi connectivity index (χ4n) is 1.16. The van der Waals surface area contributed by atoms with E-state index < -0.39 is 5.91 Å². The minimum Gasteiger partial charge on any atom is -0.366 e. The van der Waals surface area contributed by atoms with Gasteiger partial charge in [0.25, 0.3) is 0 Å². The molecule has 0 atom stereocenters. The molecule has 0 aliphatic rings. The van der Waals surface area contributed by atoms with Crippen molar-refractivity contribution in [1.29, 1.82) is 0 Å². The lowest BCUT2D eigenvalue weighted by Gasteiger charge is -2.09. The summed E-state index contributed by atoms with van der Waals surface area (Å²) in [5.74, 6) is 0.441. The fourth-order valence-corrected chi connectivity index (χ4v) is 2.45. The molecule has 4 heteroatoms. The van der Waals surface area contributed by atoms with Gasteiger partial charge < -0.3 is 5.73 Å². The van der Waals surface area contributed by atoms with Gasteiger partial charge in [-0.2, -0.15) is 0 Å². The molecule has 1 rings (SSSR count). The highest BCUT2D eigenvalue weighted by atomic mass is 35.5. The molecule has 0 fully saturated rings. The highest BCUT2D eigenvalue weighted by molar-refractivity contribution is 7.99. The Kier molecular flexibility index (Phi) is 3.84. The molecule has 0 radical (unpaired) electrons. The third-order valence-corrected chi connectivity index (χ3v) is 3.46. The molecule has 0 unspecified atom stereocenters. The Hall–Kier alpha value is -0.670. The summed E-state index contributed by atoms with van der Waals surface area (Å²) < 4.78 is 0. The quantitative estimate of drug-likeness (QED) is 0.810. The summed E-state index contributed by atoms with van der Waals surface area (Å²) in [6, 6.07) is 3.53. The van der Waals surface area contributed by atoms with Crippen LogP contribution in [0.1, 0.15) is 22.8 Å². The van der Waals surface area contributed by atoms with Gasteiger partial charge >= 0.3 is 0 Å². The first-order valence-electron chi connectivity index (χ1n) is 4.29. The molecule has 1 aromatic carbocycles. The molecule has 0 spiro atoms. The van der Waals surface area contributed by atoms with E-state index in [0.717, 1.165) is 16.2 Å². The average molecular weight is 230 g/mol. The lowest BCUT2D eigenvalue weighted by atomic mass is 10.1. The summed E-state index contributed by atoms with van der Waals surface area (Å²) >= 11 is 7.69. The van der Waals surface area contributed by atoms with Crippen molar-refractivity contribution in [2.45, 2.75) is 18.7 Å². The minimum atomic E-state index is -0.479. The SMILES string of the molecule is CCSc1c(C)ccc(C(N)=O)c1Cl. The first-order chi connectivity index (χ1) is 6.57. The minimum absolute atomic E-state index is 0.396. The van der Waals surface area contributed by atoms with Crippen LogP contribution in [0, 0.1) is 6.92 Å². The molecule has 0 bridgehead atoms. The maximum Gasteiger partial charge on any atom is 0.250 e. The summed E-state index contributed by atoms with van der Waals surface area (Å²) in [5.41, 5.74) is 6.67. The lowest BCUT2D eigenvalue weighted by Crippen LogP contribution is -2.12. The smallest absolute Gasteiger partial charge is 0.250 e. The Labute approximate surface area is 92.8 Å². The number of hydrogen-bond donors (Lipinski definition) is 1. The third-order valence-electron chi connectivity index (χ3n) is 1.85. The summed E-state index contributed by atoms with van der Waals surface area (Å²) in [6.07, 6.45) is 0. The van der Waals surface area contributed by atoms with Crippen molar-refractivity contribution < 1.29 is 4.79 Å². The van der Waals surface area contributed by atoms with Gasteiger partial charge in [0.2, 0.25) is 5.91 Å².